The van der Waals surface area contributed by atoms with Crippen molar-refractivity contribution >= 4 is 0 Å². The summed E-state index contributed by atoms with van der Waals surface area (Å²) in [5.41, 5.74) is 1.79. The highest BCUT2D eigenvalue weighted by atomic mass is 15.1. The first-order chi connectivity index (χ1) is 10.2. The summed E-state index contributed by atoms with van der Waals surface area (Å²) in [6.45, 7) is 6.77. The van der Waals surface area contributed by atoms with Gasteiger partial charge in [0, 0.05) is 32.0 Å². The quantitative estimate of drug-likeness (QED) is 0.743. The molecule has 0 aromatic carbocycles. The van der Waals surface area contributed by atoms with Crippen LogP contribution in [0.4, 0.5) is 0 Å². The van der Waals surface area contributed by atoms with E-state index in [0.717, 1.165) is 13.1 Å². The Labute approximate surface area is 130 Å². The van der Waals surface area contributed by atoms with Crippen molar-refractivity contribution in [3.63, 3.8) is 0 Å². The molecule has 3 nitrogen and oxygen atoms in total. The van der Waals surface area contributed by atoms with Crippen LogP contribution in [0.3, 0.4) is 0 Å². The first-order valence-electron chi connectivity index (χ1n) is 8.52. The Bertz CT molecular complexity index is 385. The molecule has 0 unspecified atom stereocenters. The largest absolute Gasteiger partial charge is 0.316 e. The Balaban J connectivity index is 1.90. The number of nitrogens with zero attached hydrogens (tertiary/aromatic N) is 2. The lowest BCUT2D eigenvalue weighted by atomic mass is 9.73. The molecule has 0 aliphatic heterocycles. The summed E-state index contributed by atoms with van der Waals surface area (Å²) in [4.78, 5) is 6.71. The number of aromatic nitrogens is 1. The molecule has 1 N–H and O–H groups in total. The van der Waals surface area contributed by atoms with E-state index in [2.05, 4.69) is 35.2 Å². The Morgan fingerprint density at radius 3 is 2.76 bits per heavy atom. The molecule has 1 aromatic heterocycles. The van der Waals surface area contributed by atoms with Gasteiger partial charge in [0.25, 0.3) is 0 Å². The average Bonchev–Trinajstić information content (AvgIpc) is 2.49. The van der Waals surface area contributed by atoms with Crippen molar-refractivity contribution in [2.24, 2.45) is 5.41 Å². The molecule has 0 spiro atoms. The lowest BCUT2D eigenvalue weighted by Crippen LogP contribution is -2.44. The van der Waals surface area contributed by atoms with E-state index in [1.54, 1.807) is 0 Å². The molecule has 0 amide bonds. The summed E-state index contributed by atoms with van der Waals surface area (Å²) in [6.07, 6.45) is 12.0. The summed E-state index contributed by atoms with van der Waals surface area (Å²) in [5.74, 6) is 0. The van der Waals surface area contributed by atoms with Gasteiger partial charge in [-0.05, 0) is 49.9 Å². The van der Waals surface area contributed by atoms with E-state index in [-0.39, 0.29) is 0 Å². The topological polar surface area (TPSA) is 28.2 Å². The molecule has 3 heteroatoms. The normalized spacial score (nSPS) is 18.0. The number of pyridine rings is 1. The minimum atomic E-state index is 0.477. The van der Waals surface area contributed by atoms with Crippen LogP contribution >= 0.6 is 0 Å². The number of rotatable bonds is 8. The molecule has 1 saturated carbocycles. The second kappa shape index (κ2) is 8.50. The standard InChI is InChI=1S/C18H31N3/c1-3-11-20-15-18(9-5-4-6-10-18)16-21(2)14-17-8-7-12-19-13-17/h7-8,12-13,20H,3-6,9-11,14-16H2,1-2H3. The summed E-state index contributed by atoms with van der Waals surface area (Å²) in [5, 5.41) is 3.68. The van der Waals surface area contributed by atoms with Crippen LogP contribution in [-0.4, -0.2) is 36.6 Å². The lowest BCUT2D eigenvalue weighted by Gasteiger charge is -2.40. The Hall–Kier alpha value is -0.930. The van der Waals surface area contributed by atoms with E-state index in [1.807, 2.05) is 18.5 Å². The second-order valence-corrected chi connectivity index (χ2v) is 6.77. The van der Waals surface area contributed by atoms with Gasteiger partial charge < -0.3 is 10.2 Å². The third-order valence-electron chi connectivity index (χ3n) is 4.62. The zero-order valence-corrected chi connectivity index (χ0v) is 13.8. The van der Waals surface area contributed by atoms with Crippen molar-refractivity contribution < 1.29 is 0 Å². The van der Waals surface area contributed by atoms with E-state index < -0.39 is 0 Å². The fraction of sp³-hybridized carbons (Fsp3) is 0.722. The van der Waals surface area contributed by atoms with Crippen molar-refractivity contribution in [1.29, 1.82) is 0 Å². The first-order valence-corrected chi connectivity index (χ1v) is 8.52. The van der Waals surface area contributed by atoms with Crippen molar-refractivity contribution in [1.82, 2.24) is 15.2 Å². The average molecular weight is 289 g/mol. The molecular weight excluding hydrogens is 258 g/mol. The zero-order chi connectivity index (χ0) is 15.0. The van der Waals surface area contributed by atoms with Crippen molar-refractivity contribution in [2.45, 2.75) is 52.0 Å². The Morgan fingerprint density at radius 1 is 1.29 bits per heavy atom. The molecule has 1 aliphatic carbocycles. The highest BCUT2D eigenvalue weighted by Gasteiger charge is 2.32. The van der Waals surface area contributed by atoms with Gasteiger partial charge in [-0.3, -0.25) is 4.98 Å². The zero-order valence-electron chi connectivity index (χ0n) is 13.8. The number of hydrogen-bond acceptors (Lipinski definition) is 3. The predicted octanol–water partition coefficient (Wildman–Crippen LogP) is 3.46. The summed E-state index contributed by atoms with van der Waals surface area (Å²) >= 11 is 0. The van der Waals surface area contributed by atoms with Crippen LogP contribution in [0.2, 0.25) is 0 Å². The van der Waals surface area contributed by atoms with E-state index in [4.69, 9.17) is 0 Å². The molecule has 118 valence electrons. The van der Waals surface area contributed by atoms with Crippen molar-refractivity contribution in [3.8, 4) is 0 Å². The van der Waals surface area contributed by atoms with Gasteiger partial charge in [-0.2, -0.15) is 0 Å². The van der Waals surface area contributed by atoms with Crippen molar-refractivity contribution in [3.05, 3.63) is 30.1 Å². The first kappa shape index (κ1) is 16.4. The summed E-state index contributed by atoms with van der Waals surface area (Å²) in [6, 6.07) is 4.20. The van der Waals surface area contributed by atoms with Crippen LogP contribution in [0.25, 0.3) is 0 Å². The molecule has 1 heterocycles. The van der Waals surface area contributed by atoms with Gasteiger partial charge in [-0.25, -0.2) is 0 Å². The van der Waals surface area contributed by atoms with Crippen LogP contribution < -0.4 is 5.32 Å². The number of nitrogens with one attached hydrogen (secondary N) is 1. The van der Waals surface area contributed by atoms with Crippen LogP contribution in [0.5, 0.6) is 0 Å². The monoisotopic (exact) mass is 289 g/mol. The van der Waals surface area contributed by atoms with E-state index in [0.29, 0.717) is 5.41 Å². The molecule has 0 radical (unpaired) electrons. The molecule has 21 heavy (non-hydrogen) atoms. The fourth-order valence-electron chi connectivity index (χ4n) is 3.65. The summed E-state index contributed by atoms with van der Waals surface area (Å²) in [7, 11) is 2.25. The van der Waals surface area contributed by atoms with E-state index in [9.17, 15) is 0 Å². The molecular formula is C18H31N3. The third-order valence-corrected chi connectivity index (χ3v) is 4.62. The maximum absolute atomic E-state index is 4.22. The van der Waals surface area contributed by atoms with Gasteiger partial charge >= 0.3 is 0 Å². The van der Waals surface area contributed by atoms with E-state index in [1.165, 1.54) is 57.2 Å². The van der Waals surface area contributed by atoms with Gasteiger partial charge in [0.05, 0.1) is 0 Å². The molecule has 1 fully saturated rings. The van der Waals surface area contributed by atoms with E-state index >= 15 is 0 Å². The highest BCUT2D eigenvalue weighted by Crippen LogP contribution is 2.36. The molecule has 1 aliphatic rings. The van der Waals surface area contributed by atoms with Crippen LogP contribution in [-0.2, 0) is 6.54 Å². The van der Waals surface area contributed by atoms with Crippen LogP contribution in [0.15, 0.2) is 24.5 Å². The van der Waals surface area contributed by atoms with Gasteiger partial charge in [0.1, 0.15) is 0 Å². The van der Waals surface area contributed by atoms with Gasteiger partial charge in [-0.1, -0.05) is 32.3 Å². The minimum absolute atomic E-state index is 0.477. The maximum Gasteiger partial charge on any atom is 0.0312 e. The highest BCUT2D eigenvalue weighted by molar-refractivity contribution is 5.08. The second-order valence-electron chi connectivity index (χ2n) is 6.77. The molecule has 2 rings (SSSR count). The SMILES string of the molecule is CCCNCC1(CN(C)Cc2cccnc2)CCCCC1. The Morgan fingerprint density at radius 2 is 2.10 bits per heavy atom. The molecule has 1 aromatic rings. The van der Waals surface area contributed by atoms with Gasteiger partial charge in [0.2, 0.25) is 0 Å². The Kier molecular flexibility index (Phi) is 6.65. The maximum atomic E-state index is 4.22. The molecule has 0 atom stereocenters. The van der Waals surface area contributed by atoms with Gasteiger partial charge in [0.15, 0.2) is 0 Å². The van der Waals surface area contributed by atoms with Crippen LogP contribution in [0.1, 0.15) is 51.0 Å². The fourth-order valence-corrected chi connectivity index (χ4v) is 3.65. The molecule has 0 saturated heterocycles. The minimum Gasteiger partial charge on any atom is -0.316 e. The van der Waals surface area contributed by atoms with Gasteiger partial charge in [-0.15, -0.1) is 0 Å². The lowest BCUT2D eigenvalue weighted by molar-refractivity contribution is 0.114. The predicted molar refractivity (Wildman–Crippen MR) is 89.2 cm³/mol. The van der Waals surface area contributed by atoms with Crippen LogP contribution in [0, 0.1) is 5.41 Å². The summed E-state index contributed by atoms with van der Waals surface area (Å²) < 4.78 is 0. The number of hydrogen-bond donors (Lipinski definition) is 1. The van der Waals surface area contributed by atoms with Crippen molar-refractivity contribution in [2.75, 3.05) is 26.7 Å². The smallest absolute Gasteiger partial charge is 0.0312 e. The molecule has 0 bridgehead atoms. The third kappa shape index (κ3) is 5.40.